The molecule has 0 atom stereocenters. The van der Waals surface area contributed by atoms with Gasteiger partial charge >= 0.3 is 5.69 Å². The molecular formula is C27H23ClF2N6O2. The maximum absolute atomic E-state index is 13.6. The summed E-state index contributed by atoms with van der Waals surface area (Å²) in [6.07, 6.45) is 2.48. The molecule has 0 radical (unpaired) electrons. The number of fused-ring (bicyclic) bond motifs is 1. The number of pyridine rings is 2. The molecule has 3 aromatic heterocycles. The standard InChI is InChI=1S/C27H23ClF2N6O2/c28-17-12-19(24(25(29)30)33-14-17)26(37)34-18-9-7-16(8-10-18)15-35-22-4-1-2-5-23(22)36(27(35)38)21-6-3-11-32-20(21)13-31/h1-6,11-12,14,16,18,25H,7-10,15H2,(H,34,37)/t16-,18-. The zero-order chi connectivity index (χ0) is 26.8. The van der Waals surface area contributed by atoms with Crippen molar-refractivity contribution in [2.45, 2.75) is 44.7 Å². The molecule has 1 aliphatic rings. The summed E-state index contributed by atoms with van der Waals surface area (Å²) in [5.41, 5.74) is 0.977. The molecule has 0 aliphatic heterocycles. The number of benzene rings is 1. The molecule has 8 nitrogen and oxygen atoms in total. The highest BCUT2D eigenvalue weighted by Gasteiger charge is 2.27. The lowest BCUT2D eigenvalue weighted by atomic mass is 9.85. The first-order chi connectivity index (χ1) is 18.4. The minimum atomic E-state index is -2.89. The van der Waals surface area contributed by atoms with Gasteiger partial charge in [-0.25, -0.2) is 18.6 Å². The Labute approximate surface area is 221 Å². The van der Waals surface area contributed by atoms with Crippen LogP contribution in [0.2, 0.25) is 5.02 Å². The van der Waals surface area contributed by atoms with E-state index >= 15 is 0 Å². The first kappa shape index (κ1) is 25.5. The number of amides is 1. The lowest BCUT2D eigenvalue weighted by molar-refractivity contribution is 0.0904. The van der Waals surface area contributed by atoms with Gasteiger partial charge in [-0.05, 0) is 61.9 Å². The van der Waals surface area contributed by atoms with Crippen LogP contribution in [0.5, 0.6) is 0 Å². The lowest BCUT2D eigenvalue weighted by Gasteiger charge is -2.29. The normalized spacial score (nSPS) is 17.4. The van der Waals surface area contributed by atoms with E-state index in [0.717, 1.165) is 24.6 Å². The number of rotatable bonds is 6. The van der Waals surface area contributed by atoms with E-state index in [4.69, 9.17) is 11.6 Å². The Morgan fingerprint density at radius 2 is 1.87 bits per heavy atom. The number of para-hydroxylation sites is 2. The SMILES string of the molecule is N#Cc1ncccc1-n1c(=O)n(C[C@H]2CC[C@H](NC(=O)c3cc(Cl)cnc3C(F)F)CC2)c2ccccc21. The summed E-state index contributed by atoms with van der Waals surface area (Å²) in [7, 11) is 0. The molecule has 1 saturated carbocycles. The van der Waals surface area contributed by atoms with E-state index in [1.54, 1.807) is 16.7 Å². The van der Waals surface area contributed by atoms with Crippen LogP contribution in [-0.2, 0) is 6.54 Å². The Hall–Kier alpha value is -4.10. The van der Waals surface area contributed by atoms with Crippen LogP contribution < -0.4 is 11.0 Å². The van der Waals surface area contributed by atoms with Crippen molar-refractivity contribution in [3.05, 3.63) is 87.3 Å². The van der Waals surface area contributed by atoms with Gasteiger partial charge in [-0.3, -0.25) is 18.9 Å². The monoisotopic (exact) mass is 536 g/mol. The third-order valence-corrected chi connectivity index (χ3v) is 7.13. The second kappa shape index (κ2) is 10.7. The maximum Gasteiger partial charge on any atom is 0.333 e. The summed E-state index contributed by atoms with van der Waals surface area (Å²) in [6, 6.07) is 13.9. The summed E-state index contributed by atoms with van der Waals surface area (Å²) >= 11 is 5.88. The van der Waals surface area contributed by atoms with Gasteiger partial charge in [0.1, 0.15) is 11.8 Å². The minimum absolute atomic E-state index is 0.112. The van der Waals surface area contributed by atoms with Crippen LogP contribution in [0.25, 0.3) is 16.7 Å². The number of nitrogens with zero attached hydrogens (tertiary/aromatic N) is 5. The Balaban J connectivity index is 1.32. The molecule has 38 heavy (non-hydrogen) atoms. The Bertz CT molecular complexity index is 1600. The first-order valence-electron chi connectivity index (χ1n) is 12.2. The maximum atomic E-state index is 13.6. The Morgan fingerprint density at radius 1 is 1.13 bits per heavy atom. The molecule has 3 heterocycles. The molecule has 0 saturated heterocycles. The molecule has 0 bridgehead atoms. The zero-order valence-corrected chi connectivity index (χ0v) is 20.9. The summed E-state index contributed by atoms with van der Waals surface area (Å²) < 4.78 is 29.9. The van der Waals surface area contributed by atoms with E-state index in [9.17, 15) is 23.6 Å². The molecule has 194 valence electrons. The second-order valence-corrected chi connectivity index (χ2v) is 9.71. The molecule has 1 aliphatic carbocycles. The van der Waals surface area contributed by atoms with Crippen molar-refractivity contribution in [3.63, 3.8) is 0 Å². The van der Waals surface area contributed by atoms with Crippen LogP contribution in [0, 0.1) is 17.2 Å². The number of nitriles is 1. The van der Waals surface area contributed by atoms with Gasteiger partial charge in [-0.2, -0.15) is 5.26 Å². The van der Waals surface area contributed by atoms with Gasteiger partial charge in [0.05, 0.1) is 27.3 Å². The van der Waals surface area contributed by atoms with Crippen molar-refractivity contribution >= 4 is 28.5 Å². The fourth-order valence-electron chi connectivity index (χ4n) is 5.10. The summed E-state index contributed by atoms with van der Waals surface area (Å²) in [5.74, 6) is -0.447. The van der Waals surface area contributed by atoms with Crippen LogP contribution in [-0.4, -0.2) is 31.1 Å². The third kappa shape index (κ3) is 4.89. The number of carbonyl (C=O) groups is 1. The van der Waals surface area contributed by atoms with Crippen LogP contribution in [0.1, 0.15) is 53.9 Å². The molecule has 0 spiro atoms. The lowest BCUT2D eigenvalue weighted by Crippen LogP contribution is -2.39. The number of alkyl halides is 2. The van der Waals surface area contributed by atoms with Gasteiger partial charge in [-0.15, -0.1) is 0 Å². The smallest absolute Gasteiger partial charge is 0.333 e. The van der Waals surface area contributed by atoms with Gasteiger partial charge in [0, 0.05) is 25.0 Å². The molecular weight excluding hydrogens is 514 g/mol. The van der Waals surface area contributed by atoms with Gasteiger partial charge in [-0.1, -0.05) is 23.7 Å². The fraction of sp³-hybridized carbons (Fsp3) is 0.296. The molecule has 11 heteroatoms. The van der Waals surface area contributed by atoms with E-state index in [1.165, 1.54) is 16.8 Å². The Morgan fingerprint density at radius 3 is 2.58 bits per heavy atom. The number of nitrogens with one attached hydrogen (secondary N) is 1. The average molecular weight is 537 g/mol. The Kier molecular flexibility index (Phi) is 7.20. The van der Waals surface area contributed by atoms with Gasteiger partial charge in [0.2, 0.25) is 0 Å². The first-order valence-corrected chi connectivity index (χ1v) is 12.6. The highest BCUT2D eigenvalue weighted by molar-refractivity contribution is 6.30. The quantitative estimate of drug-likeness (QED) is 0.372. The van der Waals surface area contributed by atoms with Crippen molar-refractivity contribution in [3.8, 4) is 11.8 Å². The number of imidazole rings is 1. The van der Waals surface area contributed by atoms with Crippen LogP contribution in [0.15, 0.2) is 59.7 Å². The fourth-order valence-corrected chi connectivity index (χ4v) is 5.26. The van der Waals surface area contributed by atoms with E-state index in [0.29, 0.717) is 30.6 Å². The van der Waals surface area contributed by atoms with E-state index < -0.39 is 18.0 Å². The number of hydrogen-bond acceptors (Lipinski definition) is 5. The molecule has 1 aromatic carbocycles. The summed E-state index contributed by atoms with van der Waals surface area (Å²) in [5, 5.41) is 12.5. The number of hydrogen-bond donors (Lipinski definition) is 1. The average Bonchev–Trinajstić information content (AvgIpc) is 3.20. The van der Waals surface area contributed by atoms with Gasteiger partial charge in [0.15, 0.2) is 5.69 Å². The van der Waals surface area contributed by atoms with Crippen LogP contribution in [0.4, 0.5) is 8.78 Å². The minimum Gasteiger partial charge on any atom is -0.349 e. The predicted molar refractivity (Wildman–Crippen MR) is 137 cm³/mol. The molecule has 1 fully saturated rings. The second-order valence-electron chi connectivity index (χ2n) is 9.28. The number of halogens is 3. The molecule has 4 aromatic rings. The highest BCUT2D eigenvalue weighted by Crippen LogP contribution is 2.29. The largest absolute Gasteiger partial charge is 0.349 e. The molecule has 5 rings (SSSR count). The van der Waals surface area contributed by atoms with E-state index in [1.807, 2.05) is 24.3 Å². The van der Waals surface area contributed by atoms with Crippen molar-refractivity contribution in [1.29, 1.82) is 5.26 Å². The van der Waals surface area contributed by atoms with Crippen molar-refractivity contribution < 1.29 is 13.6 Å². The van der Waals surface area contributed by atoms with Crippen LogP contribution >= 0.6 is 11.6 Å². The van der Waals surface area contributed by atoms with E-state index in [-0.39, 0.29) is 33.9 Å². The zero-order valence-electron chi connectivity index (χ0n) is 20.2. The molecule has 0 unspecified atom stereocenters. The summed E-state index contributed by atoms with van der Waals surface area (Å²) in [4.78, 5) is 34.0. The number of aromatic nitrogens is 4. The third-order valence-electron chi connectivity index (χ3n) is 6.93. The predicted octanol–water partition coefficient (Wildman–Crippen LogP) is 5.03. The van der Waals surface area contributed by atoms with Gasteiger partial charge < -0.3 is 5.32 Å². The van der Waals surface area contributed by atoms with Crippen molar-refractivity contribution in [1.82, 2.24) is 24.4 Å². The van der Waals surface area contributed by atoms with Crippen LogP contribution in [0.3, 0.4) is 0 Å². The summed E-state index contributed by atoms with van der Waals surface area (Å²) in [6.45, 7) is 0.475. The van der Waals surface area contributed by atoms with Crippen molar-refractivity contribution in [2.24, 2.45) is 5.92 Å². The van der Waals surface area contributed by atoms with Gasteiger partial charge in [0.25, 0.3) is 12.3 Å². The molecule has 1 amide bonds. The topological polar surface area (TPSA) is 106 Å². The highest BCUT2D eigenvalue weighted by atomic mass is 35.5. The van der Waals surface area contributed by atoms with E-state index in [2.05, 4.69) is 21.4 Å². The number of carbonyl (C=O) groups excluding carboxylic acids is 1. The molecule has 1 N–H and O–H groups in total. The van der Waals surface area contributed by atoms with Crippen molar-refractivity contribution in [2.75, 3.05) is 0 Å².